The second-order valence-electron chi connectivity index (χ2n) is 8.75. The van der Waals surface area contributed by atoms with E-state index in [9.17, 15) is 9.90 Å². The van der Waals surface area contributed by atoms with Gasteiger partial charge in [0.25, 0.3) is 0 Å². The summed E-state index contributed by atoms with van der Waals surface area (Å²) >= 11 is 3.31. The topological polar surface area (TPSA) is 65.5 Å². The third kappa shape index (κ3) is 5.16. The number of thiophene rings is 1. The number of piperidine rings is 1. The number of hydrogen-bond acceptors (Lipinski definition) is 6. The summed E-state index contributed by atoms with van der Waals surface area (Å²) in [5.74, 6) is -0.00886. The number of aliphatic hydroxyl groups is 1. The van der Waals surface area contributed by atoms with Crippen LogP contribution >= 0.6 is 22.7 Å². The molecule has 2 aromatic heterocycles. The summed E-state index contributed by atoms with van der Waals surface area (Å²) < 4.78 is 0. The van der Waals surface area contributed by atoms with Crippen molar-refractivity contribution in [3.05, 3.63) is 39.0 Å². The molecule has 5 nitrogen and oxygen atoms in total. The van der Waals surface area contributed by atoms with E-state index in [1.54, 1.807) is 22.7 Å². The summed E-state index contributed by atoms with van der Waals surface area (Å²) in [4.78, 5) is 20.6. The van der Waals surface area contributed by atoms with E-state index < -0.39 is 5.60 Å². The molecule has 2 aromatic rings. The maximum Gasteiger partial charge on any atom is 0.220 e. The molecule has 3 heterocycles. The number of aromatic nitrogens is 1. The predicted molar refractivity (Wildman–Crippen MR) is 111 cm³/mol. The summed E-state index contributed by atoms with van der Waals surface area (Å²) in [6.45, 7) is 9.49. The number of nitrogens with zero attached hydrogens (tertiary/aromatic N) is 2. The van der Waals surface area contributed by atoms with Crippen LogP contribution in [0.15, 0.2) is 29.1 Å². The predicted octanol–water partition coefficient (Wildman–Crippen LogP) is 3.82. The van der Waals surface area contributed by atoms with Crippen LogP contribution in [0.2, 0.25) is 0 Å². The molecular weight excluding hydrogens is 378 g/mol. The van der Waals surface area contributed by atoms with Crippen LogP contribution < -0.4 is 5.32 Å². The Balaban J connectivity index is 1.88. The van der Waals surface area contributed by atoms with Gasteiger partial charge in [-0.3, -0.25) is 9.69 Å². The Morgan fingerprint density at radius 1 is 1.41 bits per heavy atom. The van der Waals surface area contributed by atoms with Gasteiger partial charge in [0.2, 0.25) is 5.91 Å². The Kier molecular flexibility index (Phi) is 6.05. The van der Waals surface area contributed by atoms with Crippen LogP contribution in [0, 0.1) is 5.41 Å². The van der Waals surface area contributed by atoms with Gasteiger partial charge >= 0.3 is 0 Å². The van der Waals surface area contributed by atoms with Crippen molar-refractivity contribution in [2.75, 3.05) is 6.54 Å². The van der Waals surface area contributed by atoms with Gasteiger partial charge in [-0.2, -0.15) is 0 Å². The monoisotopic (exact) mass is 407 g/mol. The molecule has 1 aliphatic rings. The number of carbonyl (C=O) groups excluding carboxylic acids is 1. The van der Waals surface area contributed by atoms with E-state index in [2.05, 4.69) is 42.0 Å². The van der Waals surface area contributed by atoms with E-state index >= 15 is 0 Å². The van der Waals surface area contributed by atoms with Crippen molar-refractivity contribution in [2.24, 2.45) is 5.41 Å². The van der Waals surface area contributed by atoms with Crippen LogP contribution in [-0.2, 0) is 11.3 Å². The molecule has 0 unspecified atom stereocenters. The maximum absolute atomic E-state index is 12.7. The zero-order chi connectivity index (χ0) is 19.7. The van der Waals surface area contributed by atoms with Gasteiger partial charge in [0, 0.05) is 29.4 Å². The SMILES string of the molecule is CC(C)(C)CC(=O)N[C@H]1[C@H](c2cccs2)N(Cc2nccs2)CC[C@@]1(C)O. The lowest BCUT2D eigenvalue weighted by molar-refractivity contribution is -0.130. The molecule has 0 radical (unpaired) electrons. The first kappa shape index (κ1) is 20.5. The highest BCUT2D eigenvalue weighted by atomic mass is 32.1. The Bertz CT molecular complexity index is 736. The lowest BCUT2D eigenvalue weighted by atomic mass is 9.81. The fraction of sp³-hybridized carbons (Fsp3) is 0.600. The summed E-state index contributed by atoms with van der Waals surface area (Å²) in [6.07, 6.45) is 2.87. The van der Waals surface area contributed by atoms with Gasteiger partial charge in [-0.15, -0.1) is 22.7 Å². The molecular formula is C20H29N3O2S2. The van der Waals surface area contributed by atoms with E-state index in [4.69, 9.17) is 0 Å². The fourth-order valence-corrected chi connectivity index (χ4v) is 5.18. The molecule has 1 fully saturated rings. The molecule has 0 spiro atoms. The molecule has 1 amide bonds. The molecule has 1 saturated heterocycles. The smallest absolute Gasteiger partial charge is 0.220 e. The van der Waals surface area contributed by atoms with Gasteiger partial charge in [0.1, 0.15) is 5.01 Å². The normalized spacial score (nSPS) is 26.9. The van der Waals surface area contributed by atoms with Crippen LogP contribution in [0.25, 0.3) is 0 Å². The zero-order valence-corrected chi connectivity index (χ0v) is 18.1. The van der Waals surface area contributed by atoms with Crippen molar-refractivity contribution in [3.63, 3.8) is 0 Å². The summed E-state index contributed by atoms with van der Waals surface area (Å²) in [7, 11) is 0. The Morgan fingerprint density at radius 3 is 2.78 bits per heavy atom. The van der Waals surface area contributed by atoms with Gasteiger partial charge in [-0.25, -0.2) is 4.98 Å². The van der Waals surface area contributed by atoms with E-state index in [1.807, 2.05) is 29.9 Å². The highest BCUT2D eigenvalue weighted by Gasteiger charge is 2.46. The molecule has 2 N–H and O–H groups in total. The van der Waals surface area contributed by atoms with E-state index in [0.717, 1.165) is 23.0 Å². The average Bonchev–Trinajstić information content (AvgIpc) is 3.22. The van der Waals surface area contributed by atoms with Crippen molar-refractivity contribution in [3.8, 4) is 0 Å². The summed E-state index contributed by atoms with van der Waals surface area (Å²) in [5.41, 5.74) is -1.05. The maximum atomic E-state index is 12.7. The van der Waals surface area contributed by atoms with Crippen molar-refractivity contribution >= 4 is 28.6 Å². The van der Waals surface area contributed by atoms with Crippen LogP contribution in [0.4, 0.5) is 0 Å². The molecule has 27 heavy (non-hydrogen) atoms. The first-order chi connectivity index (χ1) is 12.7. The second-order valence-corrected chi connectivity index (χ2v) is 10.7. The zero-order valence-electron chi connectivity index (χ0n) is 16.4. The van der Waals surface area contributed by atoms with E-state index in [1.165, 1.54) is 0 Å². The highest BCUT2D eigenvalue weighted by Crippen LogP contribution is 2.40. The summed E-state index contributed by atoms with van der Waals surface area (Å²) in [5, 5.41) is 19.4. The Hall–Kier alpha value is -1.28. The van der Waals surface area contributed by atoms with Gasteiger partial charge in [-0.05, 0) is 30.2 Å². The van der Waals surface area contributed by atoms with Crippen LogP contribution in [0.3, 0.4) is 0 Å². The third-order valence-corrected chi connectivity index (χ3v) is 6.66. The Labute approximate surface area is 169 Å². The van der Waals surface area contributed by atoms with Crippen molar-refractivity contribution in [1.82, 2.24) is 15.2 Å². The number of carbonyl (C=O) groups is 1. The molecule has 0 bridgehead atoms. The van der Waals surface area contributed by atoms with Gasteiger partial charge in [0.05, 0.1) is 24.2 Å². The van der Waals surface area contributed by atoms with Crippen LogP contribution in [0.1, 0.15) is 56.5 Å². The quantitative estimate of drug-likeness (QED) is 0.791. The lowest BCUT2D eigenvalue weighted by Gasteiger charge is -2.48. The average molecular weight is 408 g/mol. The van der Waals surface area contributed by atoms with Gasteiger partial charge in [0.15, 0.2) is 0 Å². The third-order valence-electron chi connectivity index (χ3n) is 4.95. The molecule has 148 valence electrons. The van der Waals surface area contributed by atoms with E-state index in [-0.39, 0.29) is 23.4 Å². The van der Waals surface area contributed by atoms with E-state index in [0.29, 0.717) is 12.8 Å². The molecule has 3 atom stereocenters. The fourth-order valence-electron chi connectivity index (χ4n) is 3.64. The first-order valence-corrected chi connectivity index (χ1v) is 11.1. The number of rotatable bonds is 5. The highest BCUT2D eigenvalue weighted by molar-refractivity contribution is 7.10. The largest absolute Gasteiger partial charge is 0.388 e. The van der Waals surface area contributed by atoms with Crippen LogP contribution in [0.5, 0.6) is 0 Å². The molecule has 0 saturated carbocycles. The standard InChI is InChI=1S/C20H29N3O2S2/c1-19(2,3)12-15(24)22-18-17(14-6-5-10-26-14)23(9-7-20(18,4)25)13-16-21-8-11-27-16/h5-6,8,10-11,17-18,25H,7,9,12-13H2,1-4H3,(H,22,24)/t17-,18-,20+/m0/s1. The molecule has 7 heteroatoms. The van der Waals surface area contributed by atoms with Crippen molar-refractivity contribution in [2.45, 2.75) is 64.8 Å². The number of hydrogen-bond donors (Lipinski definition) is 2. The first-order valence-electron chi connectivity index (χ1n) is 9.33. The van der Waals surface area contributed by atoms with Crippen molar-refractivity contribution < 1.29 is 9.90 Å². The summed E-state index contributed by atoms with van der Waals surface area (Å²) in [6, 6.07) is 3.69. The van der Waals surface area contributed by atoms with Crippen molar-refractivity contribution in [1.29, 1.82) is 0 Å². The van der Waals surface area contributed by atoms with Gasteiger partial charge < -0.3 is 10.4 Å². The second kappa shape index (κ2) is 7.99. The lowest BCUT2D eigenvalue weighted by Crippen LogP contribution is -2.62. The minimum Gasteiger partial charge on any atom is -0.388 e. The van der Waals surface area contributed by atoms with Gasteiger partial charge in [-0.1, -0.05) is 26.8 Å². The number of nitrogens with one attached hydrogen (secondary N) is 1. The number of thiazole rings is 1. The molecule has 0 aliphatic carbocycles. The minimum absolute atomic E-state index is 0.00886. The van der Waals surface area contributed by atoms with Crippen LogP contribution in [-0.4, -0.2) is 39.1 Å². The minimum atomic E-state index is -0.957. The Morgan fingerprint density at radius 2 is 2.19 bits per heavy atom. The molecule has 1 aliphatic heterocycles. The number of likely N-dealkylation sites (tertiary alicyclic amines) is 1. The molecule has 0 aromatic carbocycles. The molecule has 3 rings (SSSR count). The number of amides is 1.